The van der Waals surface area contributed by atoms with E-state index in [2.05, 4.69) is 16.2 Å². The minimum atomic E-state index is -0.571. The lowest BCUT2D eigenvalue weighted by atomic mass is 10.2. The number of hydrogen-bond acceptors (Lipinski definition) is 5. The number of carbonyl (C=O) groups excluding carboxylic acids is 1. The number of anilines is 1. The van der Waals surface area contributed by atoms with Crippen LogP contribution < -0.4 is 17.2 Å². The molecule has 0 aromatic heterocycles. The van der Waals surface area contributed by atoms with Crippen molar-refractivity contribution in [3.63, 3.8) is 0 Å². The van der Waals surface area contributed by atoms with Crippen LogP contribution in [-0.4, -0.2) is 5.97 Å². The summed E-state index contributed by atoms with van der Waals surface area (Å²) in [4.78, 5) is 14.8. The standard InChI is InChI=1S/C7H9N3O2/c8-10-6-3-1-5(2-4-6)7(11)12-9/h1-4,10H,8-9H2. The van der Waals surface area contributed by atoms with E-state index in [4.69, 9.17) is 5.84 Å². The highest BCUT2D eigenvalue weighted by atomic mass is 16.7. The van der Waals surface area contributed by atoms with Crippen molar-refractivity contribution in [2.45, 2.75) is 0 Å². The van der Waals surface area contributed by atoms with E-state index in [0.717, 1.165) is 0 Å². The van der Waals surface area contributed by atoms with E-state index in [0.29, 0.717) is 11.3 Å². The van der Waals surface area contributed by atoms with Crippen LogP contribution in [-0.2, 0) is 4.84 Å². The van der Waals surface area contributed by atoms with E-state index < -0.39 is 5.97 Å². The van der Waals surface area contributed by atoms with Crippen molar-refractivity contribution in [3.8, 4) is 0 Å². The van der Waals surface area contributed by atoms with Crippen LogP contribution in [0.1, 0.15) is 10.4 Å². The first-order chi connectivity index (χ1) is 5.77. The first-order valence-corrected chi connectivity index (χ1v) is 3.25. The van der Waals surface area contributed by atoms with E-state index in [1.807, 2.05) is 0 Å². The molecule has 64 valence electrons. The Labute approximate surface area is 69.2 Å². The highest BCUT2D eigenvalue weighted by Crippen LogP contribution is 2.07. The molecule has 12 heavy (non-hydrogen) atoms. The van der Waals surface area contributed by atoms with Crippen molar-refractivity contribution in [2.75, 3.05) is 5.43 Å². The summed E-state index contributed by atoms with van der Waals surface area (Å²) in [7, 11) is 0. The lowest BCUT2D eigenvalue weighted by molar-refractivity contribution is 0.0503. The average Bonchev–Trinajstić information content (AvgIpc) is 2.17. The van der Waals surface area contributed by atoms with Crippen LogP contribution >= 0.6 is 0 Å². The summed E-state index contributed by atoms with van der Waals surface area (Å²) >= 11 is 0. The third kappa shape index (κ3) is 1.71. The van der Waals surface area contributed by atoms with Crippen molar-refractivity contribution >= 4 is 11.7 Å². The Morgan fingerprint density at radius 2 is 1.92 bits per heavy atom. The molecule has 0 aliphatic rings. The Hall–Kier alpha value is -1.59. The first-order valence-electron chi connectivity index (χ1n) is 3.25. The van der Waals surface area contributed by atoms with Gasteiger partial charge in [-0.3, -0.25) is 5.84 Å². The number of hydrazine groups is 1. The second kappa shape index (κ2) is 3.70. The van der Waals surface area contributed by atoms with Crippen LogP contribution in [0.5, 0.6) is 0 Å². The zero-order valence-electron chi connectivity index (χ0n) is 6.28. The third-order valence-corrected chi connectivity index (χ3v) is 1.39. The molecule has 1 aromatic carbocycles. The molecule has 0 aliphatic heterocycles. The summed E-state index contributed by atoms with van der Waals surface area (Å²) in [6.45, 7) is 0. The Balaban J connectivity index is 2.84. The highest BCUT2D eigenvalue weighted by molar-refractivity contribution is 5.89. The van der Waals surface area contributed by atoms with Gasteiger partial charge in [0.2, 0.25) is 0 Å². The molecule has 0 aliphatic carbocycles. The van der Waals surface area contributed by atoms with Gasteiger partial charge in [0.15, 0.2) is 0 Å². The van der Waals surface area contributed by atoms with Gasteiger partial charge in [0, 0.05) is 5.69 Å². The van der Waals surface area contributed by atoms with E-state index in [9.17, 15) is 4.79 Å². The second-order valence-electron chi connectivity index (χ2n) is 2.13. The Morgan fingerprint density at radius 1 is 1.33 bits per heavy atom. The Morgan fingerprint density at radius 3 is 2.33 bits per heavy atom. The smallest absolute Gasteiger partial charge is 0.356 e. The molecule has 5 heteroatoms. The molecule has 5 nitrogen and oxygen atoms in total. The van der Waals surface area contributed by atoms with Gasteiger partial charge >= 0.3 is 5.97 Å². The summed E-state index contributed by atoms with van der Waals surface area (Å²) < 4.78 is 0. The molecule has 0 atom stereocenters. The molecule has 1 aromatic rings. The monoisotopic (exact) mass is 167 g/mol. The SMILES string of the molecule is NNc1ccc(C(=O)ON)cc1. The molecule has 1 rings (SSSR count). The highest BCUT2D eigenvalue weighted by Gasteiger charge is 2.03. The van der Waals surface area contributed by atoms with E-state index in [1.165, 1.54) is 0 Å². The number of hydrogen-bond donors (Lipinski definition) is 3. The largest absolute Gasteiger partial charge is 0.370 e. The predicted octanol–water partition coefficient (Wildman–Crippen LogP) is 0.00270. The lowest BCUT2D eigenvalue weighted by Gasteiger charge is -2.00. The van der Waals surface area contributed by atoms with Crippen molar-refractivity contribution in [2.24, 2.45) is 11.7 Å². The summed E-state index contributed by atoms with van der Waals surface area (Å²) in [5, 5.41) is 0. The van der Waals surface area contributed by atoms with Crippen LogP contribution in [0.4, 0.5) is 5.69 Å². The normalized spacial score (nSPS) is 9.17. The number of nitrogen functional groups attached to an aromatic ring is 1. The third-order valence-electron chi connectivity index (χ3n) is 1.39. The first kappa shape index (κ1) is 8.51. The van der Waals surface area contributed by atoms with E-state index in [1.54, 1.807) is 24.3 Å². The van der Waals surface area contributed by atoms with Crippen molar-refractivity contribution in [1.82, 2.24) is 0 Å². The Kier molecular flexibility index (Phi) is 2.62. The molecule has 0 saturated carbocycles. The topological polar surface area (TPSA) is 90.4 Å². The van der Waals surface area contributed by atoms with Gasteiger partial charge in [-0.05, 0) is 24.3 Å². The lowest BCUT2D eigenvalue weighted by Crippen LogP contribution is -2.11. The van der Waals surface area contributed by atoms with Gasteiger partial charge < -0.3 is 10.3 Å². The van der Waals surface area contributed by atoms with Crippen LogP contribution in [0.15, 0.2) is 24.3 Å². The minimum absolute atomic E-state index is 0.386. The van der Waals surface area contributed by atoms with Gasteiger partial charge in [-0.1, -0.05) is 0 Å². The number of nitrogens with two attached hydrogens (primary N) is 2. The zero-order chi connectivity index (χ0) is 8.97. The van der Waals surface area contributed by atoms with Crippen molar-refractivity contribution in [3.05, 3.63) is 29.8 Å². The molecule has 0 bridgehead atoms. The van der Waals surface area contributed by atoms with E-state index in [-0.39, 0.29) is 0 Å². The fourth-order valence-corrected chi connectivity index (χ4v) is 0.771. The molecule has 0 fully saturated rings. The molecule has 0 unspecified atom stereocenters. The van der Waals surface area contributed by atoms with Crippen molar-refractivity contribution in [1.29, 1.82) is 0 Å². The van der Waals surface area contributed by atoms with Gasteiger partial charge in [0.25, 0.3) is 0 Å². The number of benzene rings is 1. The molecule has 0 amide bonds. The Bertz CT molecular complexity index is 270. The maximum absolute atomic E-state index is 10.8. The summed E-state index contributed by atoms with van der Waals surface area (Å²) in [5.41, 5.74) is 3.53. The number of nitrogens with one attached hydrogen (secondary N) is 1. The van der Waals surface area contributed by atoms with Crippen LogP contribution in [0.3, 0.4) is 0 Å². The zero-order valence-corrected chi connectivity index (χ0v) is 6.28. The molecule has 5 N–H and O–H groups in total. The molecule has 0 saturated heterocycles. The van der Waals surface area contributed by atoms with Gasteiger partial charge in [-0.2, -0.15) is 5.90 Å². The van der Waals surface area contributed by atoms with Gasteiger partial charge in [0.1, 0.15) is 0 Å². The van der Waals surface area contributed by atoms with E-state index >= 15 is 0 Å². The number of rotatable bonds is 2. The van der Waals surface area contributed by atoms with Crippen LogP contribution in [0, 0.1) is 0 Å². The van der Waals surface area contributed by atoms with Crippen LogP contribution in [0.2, 0.25) is 0 Å². The quantitative estimate of drug-likeness (QED) is 0.426. The number of carbonyl (C=O) groups is 1. The molecule has 0 spiro atoms. The van der Waals surface area contributed by atoms with Gasteiger partial charge in [0.05, 0.1) is 5.56 Å². The maximum atomic E-state index is 10.8. The molecule has 0 radical (unpaired) electrons. The maximum Gasteiger partial charge on any atom is 0.356 e. The van der Waals surface area contributed by atoms with Crippen molar-refractivity contribution < 1.29 is 9.63 Å². The predicted molar refractivity (Wildman–Crippen MR) is 43.9 cm³/mol. The average molecular weight is 167 g/mol. The fourth-order valence-electron chi connectivity index (χ4n) is 0.771. The van der Waals surface area contributed by atoms with Gasteiger partial charge in [-0.15, -0.1) is 0 Å². The summed E-state index contributed by atoms with van der Waals surface area (Å²) in [5.74, 6) is 9.23. The minimum Gasteiger partial charge on any atom is -0.370 e. The van der Waals surface area contributed by atoms with Gasteiger partial charge in [-0.25, -0.2) is 4.79 Å². The summed E-state index contributed by atoms with van der Waals surface area (Å²) in [6, 6.07) is 6.41. The molecule has 0 heterocycles. The molecular weight excluding hydrogens is 158 g/mol. The molecular formula is C7H9N3O2. The van der Waals surface area contributed by atoms with Crippen LogP contribution in [0.25, 0.3) is 0 Å². The summed E-state index contributed by atoms with van der Waals surface area (Å²) in [6.07, 6.45) is 0. The second-order valence-corrected chi connectivity index (χ2v) is 2.13. The fraction of sp³-hybridized carbons (Fsp3) is 0.